The maximum Gasteiger partial charge on any atom is 0.306 e. The van der Waals surface area contributed by atoms with Crippen molar-refractivity contribution in [2.75, 3.05) is 13.2 Å². The summed E-state index contributed by atoms with van der Waals surface area (Å²) >= 11 is 0. The van der Waals surface area contributed by atoms with E-state index in [4.69, 9.17) is 14.2 Å². The number of carbonyl (C=O) groups excluding carboxylic acids is 3. The Kier molecular flexibility index (Phi) is 62.3. The average molecular weight is 1090 g/mol. The highest BCUT2D eigenvalue weighted by atomic mass is 16.6. The van der Waals surface area contributed by atoms with E-state index in [2.05, 4.69) is 154 Å². The molecule has 0 heterocycles. The van der Waals surface area contributed by atoms with Crippen molar-refractivity contribution < 1.29 is 28.6 Å². The van der Waals surface area contributed by atoms with E-state index in [1.54, 1.807) is 0 Å². The third-order valence-electron chi connectivity index (χ3n) is 13.6. The standard InChI is InChI=1S/C73H120O6/c1-4-7-10-13-16-19-22-25-27-29-31-32-33-34-35-36-37-38-39-40-42-43-45-48-51-54-57-60-63-66-72(75)78-69-70(68-77-71(74)65-62-59-56-53-50-47-24-21-18-15-12-9-6-3)79-73(76)67-64-61-58-55-52-49-46-44-41-30-28-26-23-20-17-14-11-8-5-2/h7,9-10,12,16-21,25-28,31-32,34-35,41,44,47,50,70H,4-6,8,11,13-15,22-24,29-30,33,36-40,42-43,45-46,48-49,51-69H2,1-3H3/b10-7-,12-9-,19-16-,20-17-,21-18-,27-25-,28-26-,32-31-,35-34-,44-41-,50-47-. The van der Waals surface area contributed by atoms with Gasteiger partial charge in [0.15, 0.2) is 6.10 Å². The minimum atomic E-state index is -0.803. The molecular weight excluding hydrogens is 973 g/mol. The fourth-order valence-corrected chi connectivity index (χ4v) is 8.79. The molecule has 6 heteroatoms. The van der Waals surface area contributed by atoms with Gasteiger partial charge in [-0.05, 0) is 135 Å². The van der Waals surface area contributed by atoms with Crippen LogP contribution in [-0.4, -0.2) is 37.2 Å². The third kappa shape index (κ3) is 64.3. The first-order valence-corrected chi connectivity index (χ1v) is 32.7. The minimum absolute atomic E-state index is 0.0960. The number of hydrogen-bond donors (Lipinski definition) is 0. The molecule has 0 aliphatic rings. The first kappa shape index (κ1) is 74.5. The maximum atomic E-state index is 12.9. The number of unbranched alkanes of at least 4 members (excludes halogenated alkanes) is 25. The Morgan fingerprint density at radius 2 is 0.494 bits per heavy atom. The van der Waals surface area contributed by atoms with Crippen molar-refractivity contribution in [3.8, 4) is 0 Å². The Morgan fingerprint density at radius 3 is 0.785 bits per heavy atom. The molecule has 0 aliphatic carbocycles. The summed E-state index contributed by atoms with van der Waals surface area (Å²) in [7, 11) is 0. The molecule has 1 atom stereocenters. The second-order valence-electron chi connectivity index (χ2n) is 21.3. The maximum absolute atomic E-state index is 12.9. The summed E-state index contributed by atoms with van der Waals surface area (Å²) in [5.41, 5.74) is 0. The molecule has 0 aliphatic heterocycles. The second-order valence-corrected chi connectivity index (χ2v) is 21.3. The lowest BCUT2D eigenvalue weighted by Crippen LogP contribution is -2.30. The zero-order valence-corrected chi connectivity index (χ0v) is 51.3. The molecule has 0 rings (SSSR count). The molecule has 0 amide bonds. The largest absolute Gasteiger partial charge is 0.462 e. The van der Waals surface area contributed by atoms with Gasteiger partial charge in [-0.15, -0.1) is 0 Å². The topological polar surface area (TPSA) is 78.9 Å². The van der Waals surface area contributed by atoms with E-state index >= 15 is 0 Å². The SMILES string of the molecule is CC/C=C\C/C=C\C/C=C\C/C=C\C/C=C\CCCCCCCCCCCCCCCC(=O)OCC(COC(=O)CCCCC/C=C\C/C=C\C/C=C\CC)OC(=O)CCCCCCCC/C=C\C/C=C\C/C=C\CCCCC. The molecule has 0 radical (unpaired) electrons. The molecule has 448 valence electrons. The van der Waals surface area contributed by atoms with E-state index in [0.717, 1.165) is 141 Å². The molecule has 0 aromatic heterocycles. The van der Waals surface area contributed by atoms with Crippen LogP contribution < -0.4 is 0 Å². The van der Waals surface area contributed by atoms with Crippen LogP contribution in [0.15, 0.2) is 134 Å². The number of esters is 3. The summed E-state index contributed by atoms with van der Waals surface area (Å²) in [4.78, 5) is 38.3. The number of carbonyl (C=O) groups is 3. The van der Waals surface area contributed by atoms with Gasteiger partial charge >= 0.3 is 17.9 Å². The lowest BCUT2D eigenvalue weighted by atomic mass is 10.0. The van der Waals surface area contributed by atoms with Crippen LogP contribution in [0.25, 0.3) is 0 Å². The first-order chi connectivity index (χ1) is 39.0. The van der Waals surface area contributed by atoms with Crippen LogP contribution in [0.1, 0.15) is 290 Å². The summed E-state index contributed by atoms with van der Waals surface area (Å²) < 4.78 is 16.9. The summed E-state index contributed by atoms with van der Waals surface area (Å²) in [6.07, 6.45) is 93.2. The third-order valence-corrected chi connectivity index (χ3v) is 13.6. The second kappa shape index (κ2) is 66.1. The van der Waals surface area contributed by atoms with Crippen LogP contribution >= 0.6 is 0 Å². The summed E-state index contributed by atoms with van der Waals surface area (Å²) in [6, 6.07) is 0. The number of allylic oxidation sites excluding steroid dienone is 22. The molecule has 0 saturated heterocycles. The van der Waals surface area contributed by atoms with E-state index in [1.807, 2.05) is 0 Å². The highest BCUT2D eigenvalue weighted by Gasteiger charge is 2.19. The summed E-state index contributed by atoms with van der Waals surface area (Å²) in [6.45, 7) is 6.36. The van der Waals surface area contributed by atoms with E-state index in [-0.39, 0.29) is 31.1 Å². The van der Waals surface area contributed by atoms with Crippen molar-refractivity contribution in [1.29, 1.82) is 0 Å². The highest BCUT2D eigenvalue weighted by molar-refractivity contribution is 5.71. The van der Waals surface area contributed by atoms with Gasteiger partial charge in [0.05, 0.1) is 0 Å². The molecule has 0 aromatic carbocycles. The van der Waals surface area contributed by atoms with Gasteiger partial charge in [-0.1, -0.05) is 270 Å². The molecule has 0 fully saturated rings. The number of hydrogen-bond acceptors (Lipinski definition) is 6. The molecule has 0 bridgehead atoms. The quantitative estimate of drug-likeness (QED) is 0.0261. The molecule has 79 heavy (non-hydrogen) atoms. The monoisotopic (exact) mass is 1090 g/mol. The Balaban J connectivity index is 4.32. The molecule has 0 spiro atoms. The molecule has 1 unspecified atom stereocenters. The minimum Gasteiger partial charge on any atom is -0.462 e. The van der Waals surface area contributed by atoms with E-state index in [1.165, 1.54) is 109 Å². The van der Waals surface area contributed by atoms with Crippen molar-refractivity contribution in [2.45, 2.75) is 297 Å². The van der Waals surface area contributed by atoms with E-state index < -0.39 is 6.10 Å². The van der Waals surface area contributed by atoms with Gasteiger partial charge in [-0.3, -0.25) is 14.4 Å². The van der Waals surface area contributed by atoms with Gasteiger partial charge in [0.25, 0.3) is 0 Å². The number of rotatable bonds is 58. The molecule has 6 nitrogen and oxygen atoms in total. The lowest BCUT2D eigenvalue weighted by molar-refractivity contribution is -0.167. The van der Waals surface area contributed by atoms with Crippen LogP contribution in [0.5, 0.6) is 0 Å². The summed E-state index contributed by atoms with van der Waals surface area (Å²) in [5, 5.41) is 0. The summed E-state index contributed by atoms with van der Waals surface area (Å²) in [5.74, 6) is -0.937. The van der Waals surface area contributed by atoms with Gasteiger partial charge in [0.2, 0.25) is 0 Å². The van der Waals surface area contributed by atoms with Crippen LogP contribution in [0, 0.1) is 0 Å². The Bertz CT molecular complexity index is 1680. The molecular formula is C73H120O6. The Morgan fingerprint density at radius 1 is 0.266 bits per heavy atom. The van der Waals surface area contributed by atoms with Gasteiger partial charge in [0.1, 0.15) is 13.2 Å². The van der Waals surface area contributed by atoms with E-state index in [0.29, 0.717) is 19.3 Å². The predicted molar refractivity (Wildman–Crippen MR) is 343 cm³/mol. The Hall–Kier alpha value is -4.45. The molecule has 0 saturated carbocycles. The fourth-order valence-electron chi connectivity index (χ4n) is 8.79. The van der Waals surface area contributed by atoms with Crippen LogP contribution in [0.3, 0.4) is 0 Å². The lowest BCUT2D eigenvalue weighted by Gasteiger charge is -2.18. The van der Waals surface area contributed by atoms with Gasteiger partial charge in [-0.2, -0.15) is 0 Å². The van der Waals surface area contributed by atoms with Crippen molar-refractivity contribution in [2.24, 2.45) is 0 Å². The van der Waals surface area contributed by atoms with Gasteiger partial charge in [-0.25, -0.2) is 0 Å². The van der Waals surface area contributed by atoms with Crippen molar-refractivity contribution >= 4 is 17.9 Å². The molecule has 0 N–H and O–H groups in total. The molecule has 0 aromatic rings. The first-order valence-electron chi connectivity index (χ1n) is 32.7. The highest BCUT2D eigenvalue weighted by Crippen LogP contribution is 2.16. The van der Waals surface area contributed by atoms with Crippen LogP contribution in [-0.2, 0) is 28.6 Å². The fraction of sp³-hybridized carbons (Fsp3) is 0.658. The number of ether oxygens (including phenoxy) is 3. The van der Waals surface area contributed by atoms with E-state index in [9.17, 15) is 14.4 Å². The zero-order chi connectivity index (χ0) is 57.1. The smallest absolute Gasteiger partial charge is 0.306 e. The zero-order valence-electron chi connectivity index (χ0n) is 51.3. The normalized spacial score (nSPS) is 13.0. The van der Waals surface area contributed by atoms with Gasteiger partial charge in [0, 0.05) is 19.3 Å². The Labute approximate surface area is 487 Å². The van der Waals surface area contributed by atoms with Crippen molar-refractivity contribution in [1.82, 2.24) is 0 Å². The van der Waals surface area contributed by atoms with Crippen molar-refractivity contribution in [3.05, 3.63) is 134 Å². The van der Waals surface area contributed by atoms with Crippen LogP contribution in [0.2, 0.25) is 0 Å². The van der Waals surface area contributed by atoms with Gasteiger partial charge < -0.3 is 14.2 Å². The predicted octanol–water partition coefficient (Wildman–Crippen LogP) is 22.5. The average Bonchev–Trinajstić information content (AvgIpc) is 3.45. The van der Waals surface area contributed by atoms with Crippen LogP contribution in [0.4, 0.5) is 0 Å². The van der Waals surface area contributed by atoms with Crippen molar-refractivity contribution in [3.63, 3.8) is 0 Å².